The number of carbonyl (C=O) groups excluding carboxylic acids is 2. The minimum atomic E-state index is -0.939. The molecule has 0 radical (unpaired) electrons. The number of furan rings is 1. The fourth-order valence-electron chi connectivity index (χ4n) is 2.20. The summed E-state index contributed by atoms with van der Waals surface area (Å²) in [5.41, 5.74) is 1.19. The molecule has 6 heteroatoms. The van der Waals surface area contributed by atoms with E-state index >= 15 is 0 Å². The Morgan fingerprint density at radius 1 is 1.38 bits per heavy atom. The largest absolute Gasteiger partial charge is 0.449 e. The molecule has 1 amide bonds. The van der Waals surface area contributed by atoms with Crippen LogP contribution in [0.25, 0.3) is 11.0 Å². The number of amides is 1. The molecule has 2 rings (SSSR count). The van der Waals surface area contributed by atoms with Crippen LogP contribution >= 0.6 is 0 Å². The molecule has 0 aliphatic heterocycles. The highest BCUT2D eigenvalue weighted by atomic mass is 16.6. The second-order valence-electron chi connectivity index (χ2n) is 5.12. The van der Waals surface area contributed by atoms with Crippen LogP contribution in [0.15, 0.2) is 41.3 Å². The van der Waals surface area contributed by atoms with Gasteiger partial charge in [-0.1, -0.05) is 24.3 Å². The van der Waals surface area contributed by atoms with Gasteiger partial charge in [-0.15, -0.1) is 6.58 Å². The van der Waals surface area contributed by atoms with Gasteiger partial charge in [0.1, 0.15) is 5.58 Å². The normalized spacial score (nSPS) is 11.9. The maximum Gasteiger partial charge on any atom is 0.375 e. The average molecular weight is 331 g/mol. The quantitative estimate of drug-likeness (QED) is 0.594. The number of hydrogen-bond acceptors (Lipinski definition) is 5. The lowest BCUT2D eigenvalue weighted by Gasteiger charge is -2.12. The van der Waals surface area contributed by atoms with Crippen molar-refractivity contribution in [3.05, 3.63) is 48.2 Å². The van der Waals surface area contributed by atoms with E-state index in [1.165, 1.54) is 6.92 Å². The molecule has 1 heterocycles. The summed E-state index contributed by atoms with van der Waals surface area (Å²) >= 11 is 0. The third kappa shape index (κ3) is 4.02. The van der Waals surface area contributed by atoms with Crippen LogP contribution in [0.1, 0.15) is 30.0 Å². The van der Waals surface area contributed by atoms with Crippen LogP contribution < -0.4 is 5.32 Å². The Morgan fingerprint density at radius 3 is 2.83 bits per heavy atom. The summed E-state index contributed by atoms with van der Waals surface area (Å²) in [4.78, 5) is 24.2. The van der Waals surface area contributed by atoms with Gasteiger partial charge in [-0.3, -0.25) is 4.79 Å². The molecule has 0 aliphatic carbocycles. The van der Waals surface area contributed by atoms with Crippen LogP contribution in [0.3, 0.4) is 0 Å². The molecule has 1 atom stereocenters. The summed E-state index contributed by atoms with van der Waals surface area (Å²) in [6, 6.07) is 7.29. The molecule has 1 aromatic carbocycles. The van der Waals surface area contributed by atoms with Crippen LogP contribution in [-0.2, 0) is 20.9 Å². The molecule has 1 N–H and O–H groups in total. The maximum atomic E-state index is 12.4. The predicted molar refractivity (Wildman–Crippen MR) is 89.6 cm³/mol. The first kappa shape index (κ1) is 17.7. The summed E-state index contributed by atoms with van der Waals surface area (Å²) in [6.45, 7) is 7.93. The third-order valence-electron chi connectivity index (χ3n) is 3.41. The third-order valence-corrected chi connectivity index (χ3v) is 3.41. The number of esters is 1. The summed E-state index contributed by atoms with van der Waals surface area (Å²) in [5.74, 6) is -1.03. The van der Waals surface area contributed by atoms with Crippen LogP contribution in [-0.4, -0.2) is 31.1 Å². The first-order chi connectivity index (χ1) is 11.6. The number of nitrogens with one attached hydrogen (secondary N) is 1. The maximum absolute atomic E-state index is 12.4. The number of para-hydroxylation sites is 1. The molecule has 128 valence electrons. The smallest absolute Gasteiger partial charge is 0.375 e. The van der Waals surface area contributed by atoms with Crippen molar-refractivity contribution in [3.8, 4) is 0 Å². The molecule has 24 heavy (non-hydrogen) atoms. The Hall–Kier alpha value is -2.60. The Balaban J connectivity index is 2.21. The van der Waals surface area contributed by atoms with Crippen LogP contribution in [0.2, 0.25) is 0 Å². The number of hydrogen-bond donors (Lipinski definition) is 1. The molecule has 0 bridgehead atoms. The molecular weight excluding hydrogens is 310 g/mol. The lowest BCUT2D eigenvalue weighted by atomic mass is 10.1. The van der Waals surface area contributed by atoms with E-state index in [4.69, 9.17) is 13.9 Å². The zero-order valence-corrected chi connectivity index (χ0v) is 13.8. The second-order valence-corrected chi connectivity index (χ2v) is 5.12. The molecule has 0 spiro atoms. The van der Waals surface area contributed by atoms with Gasteiger partial charge in [-0.2, -0.15) is 0 Å². The fraction of sp³-hybridized carbons (Fsp3) is 0.333. The number of fused-ring (bicyclic) bond motifs is 1. The summed E-state index contributed by atoms with van der Waals surface area (Å²) in [7, 11) is 0. The summed E-state index contributed by atoms with van der Waals surface area (Å²) < 4.78 is 16.3. The number of ether oxygens (including phenoxy) is 2. The van der Waals surface area contributed by atoms with Gasteiger partial charge in [-0.25, -0.2) is 4.79 Å². The van der Waals surface area contributed by atoms with E-state index in [0.717, 1.165) is 5.39 Å². The molecule has 0 saturated heterocycles. The van der Waals surface area contributed by atoms with Crippen molar-refractivity contribution in [2.24, 2.45) is 0 Å². The zero-order valence-electron chi connectivity index (χ0n) is 13.8. The number of benzene rings is 1. The lowest BCUT2D eigenvalue weighted by molar-refractivity contribution is -0.128. The molecule has 0 fully saturated rings. The van der Waals surface area contributed by atoms with Gasteiger partial charge in [0.2, 0.25) is 5.76 Å². The standard InChI is InChI=1S/C18H21NO5/c1-4-10-19-17(20)12(3)23-18(21)16-14(11-22-5-2)13-8-6-7-9-15(13)24-16/h4,6-9,12H,1,5,10-11H2,2-3H3,(H,19,20)/t12-/m0/s1. The predicted octanol–water partition coefficient (Wildman–Crippen LogP) is 2.82. The molecule has 2 aromatic rings. The van der Waals surface area contributed by atoms with E-state index in [-0.39, 0.29) is 12.4 Å². The fourth-order valence-corrected chi connectivity index (χ4v) is 2.20. The topological polar surface area (TPSA) is 77.8 Å². The first-order valence-corrected chi connectivity index (χ1v) is 7.76. The molecule has 0 aliphatic rings. The van der Waals surface area contributed by atoms with Crippen LogP contribution in [0.4, 0.5) is 0 Å². The SMILES string of the molecule is C=CCNC(=O)[C@H](C)OC(=O)c1oc2ccccc2c1COCC. The van der Waals surface area contributed by atoms with Gasteiger partial charge in [0.25, 0.3) is 5.91 Å². The number of carbonyl (C=O) groups is 2. The van der Waals surface area contributed by atoms with Gasteiger partial charge in [0.05, 0.1) is 6.61 Å². The van der Waals surface area contributed by atoms with E-state index in [9.17, 15) is 9.59 Å². The van der Waals surface area contributed by atoms with E-state index in [1.54, 1.807) is 12.1 Å². The van der Waals surface area contributed by atoms with E-state index in [2.05, 4.69) is 11.9 Å². The van der Waals surface area contributed by atoms with Crippen molar-refractivity contribution >= 4 is 22.8 Å². The molecule has 0 unspecified atom stereocenters. The van der Waals surface area contributed by atoms with Gasteiger partial charge in [0, 0.05) is 24.1 Å². The Labute approximate surface area is 140 Å². The highest BCUT2D eigenvalue weighted by Crippen LogP contribution is 2.27. The van der Waals surface area contributed by atoms with Gasteiger partial charge in [0.15, 0.2) is 6.10 Å². The Kier molecular flexibility index (Phi) is 6.14. The zero-order chi connectivity index (χ0) is 17.5. The second kappa shape index (κ2) is 8.31. The van der Waals surface area contributed by atoms with Crippen LogP contribution in [0.5, 0.6) is 0 Å². The van der Waals surface area contributed by atoms with E-state index in [0.29, 0.717) is 24.3 Å². The van der Waals surface area contributed by atoms with Crippen molar-refractivity contribution in [1.29, 1.82) is 0 Å². The highest BCUT2D eigenvalue weighted by molar-refractivity contribution is 5.97. The van der Waals surface area contributed by atoms with Crippen molar-refractivity contribution in [2.75, 3.05) is 13.2 Å². The molecule has 1 aromatic heterocycles. The van der Waals surface area contributed by atoms with E-state index < -0.39 is 18.0 Å². The molecular formula is C18H21NO5. The van der Waals surface area contributed by atoms with Gasteiger partial charge >= 0.3 is 5.97 Å². The Bertz CT molecular complexity index is 734. The van der Waals surface area contributed by atoms with Gasteiger partial charge in [-0.05, 0) is 19.9 Å². The monoisotopic (exact) mass is 331 g/mol. The molecule has 0 saturated carbocycles. The van der Waals surface area contributed by atoms with Crippen LogP contribution in [0, 0.1) is 0 Å². The van der Waals surface area contributed by atoms with Crippen molar-refractivity contribution in [1.82, 2.24) is 5.32 Å². The highest BCUT2D eigenvalue weighted by Gasteiger charge is 2.25. The minimum absolute atomic E-state index is 0.0630. The average Bonchev–Trinajstić information content (AvgIpc) is 2.96. The van der Waals surface area contributed by atoms with Crippen molar-refractivity contribution in [3.63, 3.8) is 0 Å². The van der Waals surface area contributed by atoms with E-state index in [1.807, 2.05) is 25.1 Å². The summed E-state index contributed by atoms with van der Waals surface area (Å²) in [5, 5.41) is 3.37. The minimum Gasteiger partial charge on any atom is -0.449 e. The number of rotatable bonds is 8. The van der Waals surface area contributed by atoms with Crippen molar-refractivity contribution in [2.45, 2.75) is 26.6 Å². The Morgan fingerprint density at radius 2 is 2.12 bits per heavy atom. The molecule has 6 nitrogen and oxygen atoms in total. The summed E-state index contributed by atoms with van der Waals surface area (Å²) in [6.07, 6.45) is 0.608. The van der Waals surface area contributed by atoms with Gasteiger partial charge < -0.3 is 19.2 Å². The lowest BCUT2D eigenvalue weighted by Crippen LogP contribution is -2.35. The van der Waals surface area contributed by atoms with Crippen molar-refractivity contribution < 1.29 is 23.5 Å². The first-order valence-electron chi connectivity index (χ1n) is 7.76.